The Bertz CT molecular complexity index is 3920. The lowest BCUT2D eigenvalue weighted by Crippen LogP contribution is -2.25. The summed E-state index contributed by atoms with van der Waals surface area (Å²) in [6.45, 7) is 0. The summed E-state index contributed by atoms with van der Waals surface area (Å²) in [7, 11) is 0. The Balaban J connectivity index is 0.942. The fourth-order valence-corrected chi connectivity index (χ4v) is 11.9. The summed E-state index contributed by atoms with van der Waals surface area (Å²) in [5.74, 6) is 0. The molecule has 12 aromatic rings. The molecule has 1 heteroatoms. The van der Waals surface area contributed by atoms with Gasteiger partial charge in [-0.25, -0.2) is 0 Å². The van der Waals surface area contributed by atoms with Crippen molar-refractivity contribution in [3.05, 3.63) is 283 Å². The van der Waals surface area contributed by atoms with Crippen LogP contribution in [0.25, 0.3) is 88.0 Å². The summed E-state index contributed by atoms with van der Waals surface area (Å²) < 4.78 is 0. The molecule has 0 unspecified atom stereocenters. The van der Waals surface area contributed by atoms with Crippen molar-refractivity contribution in [2.75, 3.05) is 4.90 Å². The summed E-state index contributed by atoms with van der Waals surface area (Å²) in [4.78, 5) is 2.44. The maximum absolute atomic E-state index is 2.44. The van der Waals surface area contributed by atoms with Crippen molar-refractivity contribution in [3.8, 4) is 55.6 Å². The van der Waals surface area contributed by atoms with Gasteiger partial charge < -0.3 is 4.90 Å². The third kappa shape index (κ3) is 5.69. The second-order valence-electron chi connectivity index (χ2n) is 18.3. The highest BCUT2D eigenvalue weighted by atomic mass is 15.1. The zero-order valence-corrected chi connectivity index (χ0v) is 37.3. The van der Waals surface area contributed by atoms with Crippen LogP contribution in [0.3, 0.4) is 0 Å². The molecule has 0 aliphatic heterocycles. The lowest BCUT2D eigenvalue weighted by molar-refractivity contribution is 0.794. The molecule has 2 aliphatic rings. The zero-order valence-electron chi connectivity index (χ0n) is 37.3. The van der Waals surface area contributed by atoms with E-state index in [2.05, 4.69) is 266 Å². The van der Waals surface area contributed by atoms with Crippen molar-refractivity contribution in [2.24, 2.45) is 0 Å². The van der Waals surface area contributed by atoms with E-state index in [4.69, 9.17) is 0 Å². The number of anilines is 3. The van der Waals surface area contributed by atoms with Crippen LogP contribution in [-0.4, -0.2) is 0 Å². The van der Waals surface area contributed by atoms with Crippen LogP contribution in [0.2, 0.25) is 0 Å². The van der Waals surface area contributed by atoms with Gasteiger partial charge in [0.15, 0.2) is 0 Å². The third-order valence-corrected chi connectivity index (χ3v) is 14.9. The molecule has 2 aliphatic carbocycles. The highest BCUT2D eigenvalue weighted by molar-refractivity contribution is 6.05. The lowest BCUT2D eigenvalue weighted by Gasteiger charge is -2.30. The van der Waals surface area contributed by atoms with E-state index in [0.717, 1.165) is 17.1 Å². The van der Waals surface area contributed by atoms with E-state index in [1.807, 2.05) is 0 Å². The average molecular weight is 862 g/mol. The van der Waals surface area contributed by atoms with Crippen molar-refractivity contribution in [1.82, 2.24) is 0 Å². The molecule has 0 radical (unpaired) electrons. The summed E-state index contributed by atoms with van der Waals surface area (Å²) >= 11 is 0. The minimum absolute atomic E-state index is 0.398. The molecule has 0 atom stereocenters. The summed E-state index contributed by atoms with van der Waals surface area (Å²) in [5, 5.41) is 7.38. The molecule has 0 aromatic heterocycles. The maximum atomic E-state index is 2.44. The monoisotopic (exact) mass is 861 g/mol. The number of benzene rings is 12. The fourth-order valence-electron chi connectivity index (χ4n) is 11.9. The van der Waals surface area contributed by atoms with Gasteiger partial charge in [-0.2, -0.15) is 0 Å². The molecule has 0 saturated carbocycles. The molecule has 0 fully saturated rings. The first-order valence-corrected chi connectivity index (χ1v) is 23.7. The Morgan fingerprint density at radius 1 is 0.250 bits per heavy atom. The largest absolute Gasteiger partial charge is 0.310 e. The first-order chi connectivity index (χ1) is 33.7. The van der Waals surface area contributed by atoms with Crippen LogP contribution in [0.15, 0.2) is 261 Å². The van der Waals surface area contributed by atoms with Gasteiger partial charge >= 0.3 is 0 Å². The van der Waals surface area contributed by atoms with Crippen molar-refractivity contribution in [1.29, 1.82) is 0 Å². The molecular weight excluding hydrogens is 819 g/mol. The average Bonchev–Trinajstić information content (AvgIpc) is 3.89. The maximum Gasteiger partial charge on any atom is 0.0725 e. The highest BCUT2D eigenvalue weighted by Gasteiger charge is 2.52. The summed E-state index contributed by atoms with van der Waals surface area (Å²) in [5.41, 5.74) is 20.9. The summed E-state index contributed by atoms with van der Waals surface area (Å²) in [6, 6.07) is 96.9. The standard InChI is InChI=1S/C67H43N/c1-2-16-49-42-50(32-30-44(49)14-1)45-34-38-52(39-35-45)68(53-40-36-48(37-41-53)55-23-11-17-46-15-3-4-19-54(46)55)65-29-12-18-47-31-33-51(43-60(47)65)56-24-13-28-64-66(56)59-22-7-10-27-63(59)67(64)61-25-8-5-20-57(61)58-21-6-9-26-62(58)67/h1-43H. The Kier molecular flexibility index (Phi) is 8.57. The third-order valence-electron chi connectivity index (χ3n) is 14.9. The minimum Gasteiger partial charge on any atom is -0.310 e. The highest BCUT2D eigenvalue weighted by Crippen LogP contribution is 2.64. The number of rotatable bonds is 6. The number of hydrogen-bond acceptors (Lipinski definition) is 1. The quantitative estimate of drug-likeness (QED) is 0.161. The van der Waals surface area contributed by atoms with Gasteiger partial charge in [-0.3, -0.25) is 0 Å². The SMILES string of the molecule is c1ccc2c(c1)-c1ccccc1C21c2ccccc2-c2c(-c3ccc4cccc(N(c5ccc(-c6ccc7ccccc7c6)cc5)c5ccc(-c6cccc7ccccc67)cc5)c4c3)cccc21. The normalized spacial score (nSPS) is 12.8. The molecule has 0 heterocycles. The molecule has 0 N–H and O–H groups in total. The smallest absolute Gasteiger partial charge is 0.0725 e. The topological polar surface area (TPSA) is 3.24 Å². The molecule has 1 nitrogen and oxygen atoms in total. The van der Waals surface area contributed by atoms with Crippen LogP contribution in [0.5, 0.6) is 0 Å². The Labute approximate surface area is 396 Å². The Hall–Kier alpha value is -8.78. The van der Waals surface area contributed by atoms with E-state index in [0.29, 0.717) is 0 Å². The van der Waals surface area contributed by atoms with Gasteiger partial charge in [0.05, 0.1) is 11.1 Å². The van der Waals surface area contributed by atoms with Gasteiger partial charge in [-0.05, 0) is 147 Å². The molecule has 68 heavy (non-hydrogen) atoms. The second kappa shape index (κ2) is 15.1. The second-order valence-corrected chi connectivity index (χ2v) is 18.3. The van der Waals surface area contributed by atoms with Gasteiger partial charge in [0.1, 0.15) is 0 Å². The molecular formula is C67H43N. The Morgan fingerprint density at radius 2 is 0.721 bits per heavy atom. The first kappa shape index (κ1) is 38.5. The van der Waals surface area contributed by atoms with Gasteiger partial charge in [0.25, 0.3) is 0 Å². The molecule has 12 aromatic carbocycles. The molecule has 14 rings (SSSR count). The lowest BCUT2D eigenvalue weighted by atomic mass is 9.70. The van der Waals surface area contributed by atoms with E-state index in [1.54, 1.807) is 0 Å². The first-order valence-electron chi connectivity index (χ1n) is 23.7. The van der Waals surface area contributed by atoms with Gasteiger partial charge in [0, 0.05) is 16.8 Å². The van der Waals surface area contributed by atoms with Crippen molar-refractivity contribution >= 4 is 49.4 Å². The number of fused-ring (bicyclic) bond motifs is 13. The summed E-state index contributed by atoms with van der Waals surface area (Å²) in [6.07, 6.45) is 0. The van der Waals surface area contributed by atoms with E-state index in [-0.39, 0.29) is 0 Å². The number of nitrogens with zero attached hydrogens (tertiary/aromatic N) is 1. The van der Waals surface area contributed by atoms with E-state index in [9.17, 15) is 0 Å². The van der Waals surface area contributed by atoms with Crippen molar-refractivity contribution in [3.63, 3.8) is 0 Å². The predicted octanol–water partition coefficient (Wildman–Crippen LogP) is 18.0. The van der Waals surface area contributed by atoms with E-state index < -0.39 is 5.41 Å². The predicted molar refractivity (Wildman–Crippen MR) is 286 cm³/mol. The van der Waals surface area contributed by atoms with Crippen LogP contribution in [0.4, 0.5) is 17.1 Å². The van der Waals surface area contributed by atoms with E-state index >= 15 is 0 Å². The molecule has 316 valence electrons. The zero-order chi connectivity index (χ0) is 44.8. The van der Waals surface area contributed by atoms with Crippen LogP contribution in [-0.2, 0) is 5.41 Å². The van der Waals surface area contributed by atoms with Crippen LogP contribution < -0.4 is 4.90 Å². The Morgan fingerprint density at radius 3 is 1.46 bits per heavy atom. The number of hydrogen-bond donors (Lipinski definition) is 0. The van der Waals surface area contributed by atoms with Gasteiger partial charge in [0.2, 0.25) is 0 Å². The van der Waals surface area contributed by atoms with Gasteiger partial charge in [-0.1, -0.05) is 218 Å². The van der Waals surface area contributed by atoms with Crippen LogP contribution >= 0.6 is 0 Å². The van der Waals surface area contributed by atoms with Crippen molar-refractivity contribution < 1.29 is 0 Å². The molecule has 0 amide bonds. The van der Waals surface area contributed by atoms with Gasteiger partial charge in [-0.15, -0.1) is 0 Å². The fraction of sp³-hybridized carbons (Fsp3) is 0.0149. The van der Waals surface area contributed by atoms with Crippen molar-refractivity contribution in [2.45, 2.75) is 5.41 Å². The molecule has 0 bridgehead atoms. The minimum atomic E-state index is -0.398. The molecule has 0 saturated heterocycles. The van der Waals surface area contributed by atoms with E-state index in [1.165, 1.54) is 110 Å². The van der Waals surface area contributed by atoms with Crippen LogP contribution in [0.1, 0.15) is 22.3 Å². The molecule has 1 spiro atoms. The van der Waals surface area contributed by atoms with Crippen LogP contribution in [0, 0.1) is 0 Å².